The minimum atomic E-state index is -0.468. The van der Waals surface area contributed by atoms with Crippen LogP contribution < -0.4 is 94.6 Å². The molecule has 0 amide bonds. The zero-order valence-corrected chi connectivity index (χ0v) is 11.9. The minimum absolute atomic E-state index is 0. The van der Waals surface area contributed by atoms with Crippen LogP contribution in [0.2, 0.25) is 0 Å². The van der Waals surface area contributed by atoms with Crippen LogP contribution in [0.15, 0.2) is 0 Å². The molecule has 0 radical (unpaired) electrons. The quantitative estimate of drug-likeness (QED) is 0.273. The van der Waals surface area contributed by atoms with Crippen molar-refractivity contribution >= 4 is 5.97 Å². The Morgan fingerprint density at radius 2 is 1.62 bits per heavy atom. The first-order valence-corrected chi connectivity index (χ1v) is 1.14. The Labute approximate surface area is 119 Å². The summed E-state index contributed by atoms with van der Waals surface area (Å²) in [5, 5.41) is 0. The molecule has 0 saturated heterocycles. The van der Waals surface area contributed by atoms with Gasteiger partial charge in [0.1, 0.15) is 0 Å². The molecule has 2 N–H and O–H groups in total. The molecule has 3 nitrogen and oxygen atoms in total. The fourth-order valence-corrected chi connectivity index (χ4v) is 0. The van der Waals surface area contributed by atoms with E-state index in [0.29, 0.717) is 0 Å². The van der Waals surface area contributed by atoms with E-state index in [1.165, 1.54) is 6.92 Å². The normalized spacial score (nSPS) is 4.25. The molecule has 0 aliphatic heterocycles. The topological polar surface area (TPSA) is 52.3 Å². The zero-order chi connectivity index (χ0) is 4.28. The van der Waals surface area contributed by atoms with Crippen molar-refractivity contribution in [1.29, 1.82) is 0 Å². The van der Waals surface area contributed by atoms with Crippen LogP contribution in [0.3, 0.4) is 0 Å². The fraction of sp³-hybridized carbons (Fsp3) is 0.500. The van der Waals surface area contributed by atoms with Crippen LogP contribution in [-0.4, -0.2) is 5.97 Å². The van der Waals surface area contributed by atoms with Gasteiger partial charge in [-0.15, -0.1) is 0 Å². The van der Waals surface area contributed by atoms with E-state index in [4.69, 9.17) is 0 Å². The summed E-state index contributed by atoms with van der Waals surface area (Å²) in [6.45, 7) is 1.24. The van der Waals surface area contributed by atoms with Crippen LogP contribution in [0, 0.1) is 0 Å². The Morgan fingerprint density at radius 3 is 1.62 bits per heavy atom. The molecule has 0 aliphatic carbocycles. The number of hydrogen-bond donors (Lipinski definition) is 1. The molecule has 0 rings (SSSR count). The van der Waals surface area contributed by atoms with Crippen LogP contribution in [-0.2, 0) is 9.63 Å². The molecule has 0 aromatic heterocycles. The number of rotatable bonds is 0. The number of carbonyl (C=O) groups excluding carboxylic acids is 1. The van der Waals surface area contributed by atoms with E-state index in [-0.39, 0.29) is 93.0 Å². The van der Waals surface area contributed by atoms with Crippen molar-refractivity contribution in [1.82, 2.24) is 0 Å². The summed E-state index contributed by atoms with van der Waals surface area (Å²) in [4.78, 5) is 13.1. The second-order valence-corrected chi connectivity index (χ2v) is 0.609. The summed E-state index contributed by atoms with van der Waals surface area (Å²) in [7, 11) is 0. The smallest absolute Gasteiger partial charge is 1.00 e. The predicted molar refractivity (Wildman–Crippen MR) is 19.3 cm³/mol. The van der Waals surface area contributed by atoms with Gasteiger partial charge in [-0.1, -0.05) is 0 Å². The van der Waals surface area contributed by atoms with Crippen molar-refractivity contribution in [3.8, 4) is 0 Å². The molecule has 0 aromatic carbocycles. The van der Waals surface area contributed by atoms with E-state index in [1.54, 1.807) is 0 Å². The molecule has 0 bridgehead atoms. The molecular weight excluding hydrogens is 139 g/mol. The van der Waals surface area contributed by atoms with Gasteiger partial charge in [-0.3, -0.25) is 4.79 Å². The maximum Gasteiger partial charge on any atom is 1.00 e. The molecule has 8 heavy (non-hydrogen) atoms. The maximum atomic E-state index is 9.47. The second kappa shape index (κ2) is 16.2. The van der Waals surface area contributed by atoms with Gasteiger partial charge in [0, 0.05) is 6.92 Å². The molecule has 0 saturated carbocycles. The molecule has 0 spiro atoms. The largest absolute Gasteiger partial charge is 1.00 e. The molecule has 36 valence electrons. The fourth-order valence-electron chi connectivity index (χ4n) is 0. The molecule has 6 heteroatoms. The maximum absolute atomic E-state index is 9.47. The summed E-state index contributed by atoms with van der Waals surface area (Å²) in [6, 6.07) is 0. The summed E-state index contributed by atoms with van der Waals surface area (Å²) in [6.07, 6.45) is 0. The molecule has 0 aromatic rings. The van der Waals surface area contributed by atoms with E-state index in [1.807, 2.05) is 0 Å². The van der Waals surface area contributed by atoms with Crippen molar-refractivity contribution in [2.75, 3.05) is 0 Å². The van der Waals surface area contributed by atoms with Crippen molar-refractivity contribution in [2.45, 2.75) is 6.92 Å². The molecule has 0 fully saturated rings. The Morgan fingerprint density at radius 1 is 1.50 bits per heavy atom. The first-order valence-electron chi connectivity index (χ1n) is 1.14. The predicted octanol–water partition coefficient (Wildman–Crippen LogP) is -9.23. The van der Waals surface area contributed by atoms with Gasteiger partial charge in [0.25, 0.3) is 0 Å². The van der Waals surface area contributed by atoms with Gasteiger partial charge in [-0.2, -0.15) is 5.90 Å². The van der Waals surface area contributed by atoms with Crippen LogP contribution in [0.25, 0.3) is 0 Å². The van der Waals surface area contributed by atoms with Crippen molar-refractivity contribution in [2.24, 2.45) is 5.90 Å². The Bertz CT molecular complexity index is 59.8. The van der Waals surface area contributed by atoms with Gasteiger partial charge < -0.3 is 9.12 Å². The number of carbonyl (C=O) groups is 1. The van der Waals surface area contributed by atoms with Crippen LogP contribution in [0.5, 0.6) is 0 Å². The Balaban J connectivity index is -0.00000000533. The summed E-state index contributed by atoms with van der Waals surface area (Å²) < 4.78 is 0. The Hall–Kier alpha value is 2.43. The van der Waals surface area contributed by atoms with Crippen molar-refractivity contribution in [3.63, 3.8) is 0 Å². The summed E-state index contributed by atoms with van der Waals surface area (Å²) >= 11 is 0. The summed E-state index contributed by atoms with van der Waals surface area (Å²) in [5.41, 5.74) is 0. The van der Waals surface area contributed by atoms with Crippen LogP contribution in [0.4, 0.5) is 0 Å². The van der Waals surface area contributed by atoms with E-state index in [0.717, 1.165) is 0 Å². The molecule has 0 aliphatic rings. The van der Waals surface area contributed by atoms with E-state index >= 15 is 0 Å². The third-order valence-corrected chi connectivity index (χ3v) is 0.166. The van der Waals surface area contributed by atoms with Gasteiger partial charge in [-0.05, 0) is 0 Å². The Kier molecular flexibility index (Phi) is 45.5. The zero-order valence-electron chi connectivity index (χ0n) is 8.89. The third kappa shape index (κ3) is 23.7. The standard InChI is InChI=1S/C2H5NO2.3Na.3H/c1-2(4)5-3;;;;;;/h3H2,1H3;;;;;;/q;3*+1;3*-1. The first-order chi connectivity index (χ1) is 2.27. The minimum Gasteiger partial charge on any atom is -1.00 e. The monoisotopic (exact) mass is 147 g/mol. The van der Waals surface area contributed by atoms with Crippen LogP contribution in [0.1, 0.15) is 11.2 Å². The third-order valence-electron chi connectivity index (χ3n) is 0.166. The average Bonchev–Trinajstić information content (AvgIpc) is 1.38. The van der Waals surface area contributed by atoms with E-state index in [2.05, 4.69) is 10.7 Å². The summed E-state index contributed by atoms with van der Waals surface area (Å²) in [5.74, 6) is 3.85. The molecule has 0 atom stereocenters. The molecule has 0 heterocycles. The van der Waals surface area contributed by atoms with Gasteiger partial charge in [0.2, 0.25) is 0 Å². The van der Waals surface area contributed by atoms with Crippen molar-refractivity contribution < 1.29 is 103 Å². The van der Waals surface area contributed by atoms with E-state index in [9.17, 15) is 4.79 Å². The van der Waals surface area contributed by atoms with Gasteiger partial charge >= 0.3 is 94.6 Å². The van der Waals surface area contributed by atoms with Crippen molar-refractivity contribution in [3.05, 3.63) is 0 Å². The number of hydrogen-bond acceptors (Lipinski definition) is 3. The van der Waals surface area contributed by atoms with E-state index < -0.39 is 5.97 Å². The first kappa shape index (κ1) is 22.4. The average molecular weight is 147 g/mol. The molecular formula is C2H8NNa3O2. The van der Waals surface area contributed by atoms with Gasteiger partial charge in [0.15, 0.2) is 0 Å². The SMILES string of the molecule is CC(=O)ON.[H-].[H-].[H-].[Na+].[Na+].[Na+]. The van der Waals surface area contributed by atoms with Gasteiger partial charge in [-0.25, -0.2) is 0 Å². The van der Waals surface area contributed by atoms with Crippen LogP contribution >= 0.6 is 0 Å². The number of nitrogens with two attached hydrogens (primary N) is 1. The molecule has 0 unspecified atom stereocenters. The second-order valence-electron chi connectivity index (χ2n) is 0.609. The van der Waals surface area contributed by atoms with Gasteiger partial charge in [0.05, 0.1) is 0 Å².